The maximum atomic E-state index is 11.7. The number of hydrogen-bond donors (Lipinski definition) is 1. The number of nitrogens with zero attached hydrogens (tertiary/aromatic N) is 2. The molecule has 1 amide bonds. The molecule has 1 saturated heterocycles. The Morgan fingerprint density at radius 2 is 2.33 bits per heavy atom. The first-order valence-corrected chi connectivity index (χ1v) is 5.28. The van der Waals surface area contributed by atoms with Crippen LogP contribution >= 0.6 is 0 Å². The van der Waals surface area contributed by atoms with Crippen molar-refractivity contribution in [2.24, 2.45) is 0 Å². The third-order valence-electron chi connectivity index (χ3n) is 2.47. The summed E-state index contributed by atoms with van der Waals surface area (Å²) in [5, 5.41) is 8.94. The predicted molar refractivity (Wildman–Crippen MR) is 56.6 cm³/mol. The highest BCUT2D eigenvalue weighted by Gasteiger charge is 2.23. The van der Waals surface area contributed by atoms with E-state index in [0.717, 1.165) is 6.54 Å². The van der Waals surface area contributed by atoms with E-state index < -0.39 is 0 Å². The number of rotatable bonds is 4. The monoisotopic (exact) mass is 216 g/mol. The van der Waals surface area contributed by atoms with Gasteiger partial charge in [0.2, 0.25) is 5.91 Å². The van der Waals surface area contributed by atoms with E-state index in [1.807, 2.05) is 19.0 Å². The molecule has 1 N–H and O–H groups in total. The fourth-order valence-corrected chi connectivity index (χ4v) is 1.53. The Bertz CT molecular complexity index is 209. The zero-order valence-corrected chi connectivity index (χ0v) is 9.48. The Labute approximate surface area is 90.6 Å². The number of hydrogen-bond acceptors (Lipinski definition) is 4. The van der Waals surface area contributed by atoms with E-state index in [1.165, 1.54) is 0 Å². The standard InChI is InChI=1S/C10H20N2O3/c1-11(2)4-3-10(14)12-5-6-15-9(7-12)8-13/h9,13H,3-8H2,1-2H3. The minimum atomic E-state index is -0.206. The number of ether oxygens (including phenoxy) is 1. The van der Waals surface area contributed by atoms with Gasteiger partial charge >= 0.3 is 0 Å². The van der Waals surface area contributed by atoms with Gasteiger partial charge in [0, 0.05) is 26.1 Å². The zero-order chi connectivity index (χ0) is 11.3. The summed E-state index contributed by atoms with van der Waals surface area (Å²) in [6.45, 7) is 2.43. The van der Waals surface area contributed by atoms with Gasteiger partial charge < -0.3 is 19.6 Å². The predicted octanol–water partition coefficient (Wildman–Crippen LogP) is -0.842. The molecule has 1 heterocycles. The maximum absolute atomic E-state index is 11.7. The highest BCUT2D eigenvalue weighted by atomic mass is 16.5. The van der Waals surface area contributed by atoms with Crippen LogP contribution in [0, 0.1) is 0 Å². The lowest BCUT2D eigenvalue weighted by molar-refractivity contribution is -0.140. The Kier molecular flexibility index (Phi) is 5.01. The van der Waals surface area contributed by atoms with Gasteiger partial charge in [-0.15, -0.1) is 0 Å². The second kappa shape index (κ2) is 6.05. The van der Waals surface area contributed by atoms with Gasteiger partial charge in [0.05, 0.1) is 19.3 Å². The van der Waals surface area contributed by atoms with Gasteiger partial charge in [-0.05, 0) is 14.1 Å². The SMILES string of the molecule is CN(C)CCC(=O)N1CCOC(CO)C1. The van der Waals surface area contributed by atoms with Crippen molar-refractivity contribution in [3.63, 3.8) is 0 Å². The number of aliphatic hydroxyl groups excluding tert-OH is 1. The van der Waals surface area contributed by atoms with Gasteiger partial charge in [0.1, 0.15) is 0 Å². The minimum absolute atomic E-state index is 0.0164. The number of amides is 1. The van der Waals surface area contributed by atoms with Crippen LogP contribution in [0.25, 0.3) is 0 Å². The summed E-state index contributed by atoms with van der Waals surface area (Å²) in [5.74, 6) is 0.144. The lowest BCUT2D eigenvalue weighted by atomic mass is 10.2. The summed E-state index contributed by atoms with van der Waals surface area (Å²) in [7, 11) is 3.90. The van der Waals surface area contributed by atoms with E-state index in [1.54, 1.807) is 4.90 Å². The van der Waals surface area contributed by atoms with Crippen LogP contribution in [0.2, 0.25) is 0 Å². The molecule has 5 nitrogen and oxygen atoms in total. The van der Waals surface area contributed by atoms with Gasteiger partial charge in [-0.1, -0.05) is 0 Å². The van der Waals surface area contributed by atoms with Crippen LogP contribution in [0.15, 0.2) is 0 Å². The first-order valence-electron chi connectivity index (χ1n) is 5.28. The Morgan fingerprint density at radius 3 is 2.93 bits per heavy atom. The zero-order valence-electron chi connectivity index (χ0n) is 9.48. The van der Waals surface area contributed by atoms with E-state index >= 15 is 0 Å². The molecule has 0 aromatic carbocycles. The highest BCUT2D eigenvalue weighted by molar-refractivity contribution is 5.76. The molecule has 0 aromatic heterocycles. The van der Waals surface area contributed by atoms with Crippen molar-refractivity contribution in [3.8, 4) is 0 Å². The van der Waals surface area contributed by atoms with Crippen LogP contribution in [0.3, 0.4) is 0 Å². The van der Waals surface area contributed by atoms with Crippen molar-refractivity contribution >= 4 is 5.91 Å². The topological polar surface area (TPSA) is 53.0 Å². The fourth-order valence-electron chi connectivity index (χ4n) is 1.53. The molecule has 1 fully saturated rings. The fraction of sp³-hybridized carbons (Fsp3) is 0.900. The first-order chi connectivity index (χ1) is 7.13. The molecule has 5 heteroatoms. The van der Waals surface area contributed by atoms with Gasteiger partial charge in [0.25, 0.3) is 0 Å². The smallest absolute Gasteiger partial charge is 0.224 e. The molecular weight excluding hydrogens is 196 g/mol. The van der Waals surface area contributed by atoms with Crippen molar-refractivity contribution in [1.82, 2.24) is 9.80 Å². The van der Waals surface area contributed by atoms with Crippen molar-refractivity contribution in [2.45, 2.75) is 12.5 Å². The second-order valence-corrected chi connectivity index (χ2v) is 4.07. The van der Waals surface area contributed by atoms with E-state index in [2.05, 4.69) is 0 Å². The lowest BCUT2D eigenvalue weighted by Crippen LogP contribution is -2.47. The Morgan fingerprint density at radius 1 is 1.60 bits per heavy atom. The molecule has 1 atom stereocenters. The largest absolute Gasteiger partial charge is 0.394 e. The number of morpholine rings is 1. The van der Waals surface area contributed by atoms with Crippen LogP contribution in [0.5, 0.6) is 0 Å². The number of carbonyl (C=O) groups is 1. The second-order valence-electron chi connectivity index (χ2n) is 4.07. The summed E-state index contributed by atoms with van der Waals surface area (Å²) in [4.78, 5) is 15.5. The maximum Gasteiger partial charge on any atom is 0.224 e. The quantitative estimate of drug-likeness (QED) is 0.665. The van der Waals surface area contributed by atoms with Crippen LogP contribution in [0.4, 0.5) is 0 Å². The molecule has 0 saturated carbocycles. The summed E-state index contributed by atoms with van der Waals surface area (Å²) in [5.41, 5.74) is 0. The average Bonchev–Trinajstić information content (AvgIpc) is 2.26. The van der Waals surface area contributed by atoms with Gasteiger partial charge in [-0.2, -0.15) is 0 Å². The molecule has 0 aliphatic carbocycles. The van der Waals surface area contributed by atoms with Crippen LogP contribution < -0.4 is 0 Å². The van der Waals surface area contributed by atoms with Gasteiger partial charge in [0.15, 0.2) is 0 Å². The van der Waals surface area contributed by atoms with Crippen molar-refractivity contribution < 1.29 is 14.6 Å². The first kappa shape index (κ1) is 12.4. The van der Waals surface area contributed by atoms with E-state index in [4.69, 9.17) is 9.84 Å². The minimum Gasteiger partial charge on any atom is -0.394 e. The summed E-state index contributed by atoms with van der Waals surface area (Å²) in [6, 6.07) is 0. The molecule has 1 aliphatic heterocycles. The lowest BCUT2D eigenvalue weighted by Gasteiger charge is -2.32. The van der Waals surface area contributed by atoms with Gasteiger partial charge in [-0.25, -0.2) is 0 Å². The summed E-state index contributed by atoms with van der Waals surface area (Å²) >= 11 is 0. The third kappa shape index (κ3) is 4.15. The molecular formula is C10H20N2O3. The van der Waals surface area contributed by atoms with Gasteiger partial charge in [-0.3, -0.25) is 4.79 Å². The Hall–Kier alpha value is -0.650. The van der Waals surface area contributed by atoms with Crippen LogP contribution in [0.1, 0.15) is 6.42 Å². The molecule has 0 bridgehead atoms. The number of aliphatic hydroxyl groups is 1. The van der Waals surface area contributed by atoms with Crippen LogP contribution in [-0.4, -0.2) is 73.9 Å². The van der Waals surface area contributed by atoms with E-state index in [0.29, 0.717) is 26.1 Å². The molecule has 0 radical (unpaired) electrons. The van der Waals surface area contributed by atoms with E-state index in [-0.39, 0.29) is 18.6 Å². The summed E-state index contributed by atoms with van der Waals surface area (Å²) in [6.07, 6.45) is 0.326. The molecule has 0 aromatic rings. The molecule has 1 rings (SSSR count). The van der Waals surface area contributed by atoms with Crippen molar-refractivity contribution in [1.29, 1.82) is 0 Å². The third-order valence-corrected chi connectivity index (χ3v) is 2.47. The molecule has 1 aliphatic rings. The van der Waals surface area contributed by atoms with E-state index in [9.17, 15) is 4.79 Å². The highest BCUT2D eigenvalue weighted by Crippen LogP contribution is 2.06. The van der Waals surface area contributed by atoms with Crippen molar-refractivity contribution in [2.75, 3.05) is 46.9 Å². The van der Waals surface area contributed by atoms with Crippen molar-refractivity contribution in [3.05, 3.63) is 0 Å². The normalized spacial score (nSPS) is 22.1. The molecule has 0 spiro atoms. The molecule has 1 unspecified atom stereocenters. The molecule has 88 valence electrons. The summed E-state index contributed by atoms with van der Waals surface area (Å²) < 4.78 is 5.28. The average molecular weight is 216 g/mol. The van der Waals surface area contributed by atoms with Crippen LogP contribution in [-0.2, 0) is 9.53 Å². The Balaban J connectivity index is 2.32. The number of carbonyl (C=O) groups excluding carboxylic acids is 1. The molecule has 15 heavy (non-hydrogen) atoms.